The van der Waals surface area contributed by atoms with Crippen molar-refractivity contribution >= 4 is 15.9 Å². The molecule has 0 bridgehead atoms. The lowest BCUT2D eigenvalue weighted by molar-refractivity contribution is 0.0760. The molecule has 2 aromatic carbocycles. The second kappa shape index (κ2) is 9.68. The molecule has 8 heteroatoms. The number of amides is 1. The van der Waals surface area contributed by atoms with Gasteiger partial charge in [-0.3, -0.25) is 9.69 Å². The molecule has 3 rings (SSSR count). The van der Waals surface area contributed by atoms with Crippen LogP contribution in [-0.4, -0.2) is 56.8 Å². The summed E-state index contributed by atoms with van der Waals surface area (Å²) in [5.41, 5.74) is 2.21. The second-order valence-corrected chi connectivity index (χ2v) is 9.29. The lowest BCUT2D eigenvalue weighted by Gasteiger charge is -2.23. The van der Waals surface area contributed by atoms with Gasteiger partial charge in [-0.25, -0.2) is 17.5 Å². The van der Waals surface area contributed by atoms with Crippen LogP contribution in [0.2, 0.25) is 0 Å². The smallest absolute Gasteiger partial charge is 0.254 e. The maximum Gasteiger partial charge on any atom is 0.254 e. The van der Waals surface area contributed by atoms with Crippen molar-refractivity contribution in [1.29, 1.82) is 0 Å². The topological polar surface area (TPSA) is 69.7 Å². The highest BCUT2D eigenvalue weighted by Crippen LogP contribution is 2.19. The highest BCUT2D eigenvalue weighted by atomic mass is 32.2. The maximum absolute atomic E-state index is 13.2. The zero-order chi connectivity index (χ0) is 21.7. The monoisotopic (exact) mass is 433 g/mol. The molecule has 0 spiro atoms. The van der Waals surface area contributed by atoms with Gasteiger partial charge in [-0.15, -0.1) is 0 Å². The van der Waals surface area contributed by atoms with Gasteiger partial charge in [0.2, 0.25) is 10.0 Å². The lowest BCUT2D eigenvalue weighted by atomic mass is 10.1. The van der Waals surface area contributed by atoms with Gasteiger partial charge in [0.15, 0.2) is 0 Å². The van der Waals surface area contributed by atoms with Crippen molar-refractivity contribution in [3.05, 3.63) is 65.0 Å². The first-order chi connectivity index (χ1) is 14.3. The lowest BCUT2D eigenvalue weighted by Crippen LogP contribution is -2.35. The van der Waals surface area contributed by atoms with Crippen molar-refractivity contribution in [2.45, 2.75) is 31.7 Å². The van der Waals surface area contributed by atoms with Crippen LogP contribution in [0.4, 0.5) is 4.39 Å². The van der Waals surface area contributed by atoms with Crippen molar-refractivity contribution in [2.24, 2.45) is 0 Å². The first-order valence-electron chi connectivity index (χ1n) is 10.2. The molecule has 0 radical (unpaired) electrons. The molecule has 0 atom stereocenters. The number of carbonyl (C=O) groups excluding carboxylic acids is 1. The summed E-state index contributed by atoms with van der Waals surface area (Å²) in [6, 6.07) is 11.1. The molecule has 1 aliphatic heterocycles. The molecule has 0 saturated carbocycles. The van der Waals surface area contributed by atoms with E-state index in [0.717, 1.165) is 24.1 Å². The van der Waals surface area contributed by atoms with E-state index in [1.54, 1.807) is 30.0 Å². The highest BCUT2D eigenvalue weighted by Gasteiger charge is 2.23. The molecule has 0 aromatic heterocycles. The number of halogens is 1. The van der Waals surface area contributed by atoms with Crippen LogP contribution in [0.1, 0.15) is 34.8 Å². The molecule has 1 aliphatic rings. The molecule has 1 saturated heterocycles. The van der Waals surface area contributed by atoms with Gasteiger partial charge in [-0.2, -0.15) is 0 Å². The fourth-order valence-electron chi connectivity index (χ4n) is 3.62. The van der Waals surface area contributed by atoms with Crippen molar-refractivity contribution in [1.82, 2.24) is 14.5 Å². The predicted molar refractivity (Wildman–Crippen MR) is 114 cm³/mol. The van der Waals surface area contributed by atoms with Crippen molar-refractivity contribution < 1.29 is 17.6 Å². The minimum absolute atomic E-state index is 0.103. The Bertz CT molecular complexity index is 993. The third-order valence-electron chi connectivity index (χ3n) is 5.28. The molecule has 2 aromatic rings. The van der Waals surface area contributed by atoms with E-state index in [1.807, 2.05) is 6.92 Å². The number of aryl methyl sites for hydroxylation is 1. The minimum atomic E-state index is -3.62. The zero-order valence-corrected chi connectivity index (χ0v) is 18.2. The van der Waals surface area contributed by atoms with E-state index >= 15 is 0 Å². The summed E-state index contributed by atoms with van der Waals surface area (Å²) in [5.74, 6) is -0.398. The van der Waals surface area contributed by atoms with Crippen molar-refractivity contribution in [3.8, 4) is 0 Å². The Hall–Kier alpha value is -2.29. The Morgan fingerprint density at radius 3 is 2.50 bits per heavy atom. The van der Waals surface area contributed by atoms with E-state index in [2.05, 4.69) is 9.62 Å². The van der Waals surface area contributed by atoms with Crippen LogP contribution in [-0.2, 0) is 16.6 Å². The van der Waals surface area contributed by atoms with Crippen LogP contribution in [0.15, 0.2) is 47.4 Å². The molecule has 1 N–H and O–H groups in total. The SMILES string of the molecule is CCNS(=O)(=O)c1ccc(C)c(C(=O)N2CCCN(Cc3ccc(F)cc3)CC2)c1. The summed E-state index contributed by atoms with van der Waals surface area (Å²) < 4.78 is 40.2. The number of nitrogens with zero attached hydrogens (tertiary/aromatic N) is 2. The standard InChI is InChI=1S/C22H28FN3O3S/c1-3-24-30(28,29)20-10-5-17(2)21(15-20)22(27)26-12-4-11-25(13-14-26)16-18-6-8-19(23)9-7-18/h5-10,15,24H,3-4,11-14,16H2,1-2H3. The van der Waals surface area contributed by atoms with Crippen molar-refractivity contribution in [3.63, 3.8) is 0 Å². The first kappa shape index (κ1) is 22.4. The van der Waals surface area contributed by atoms with Crippen LogP contribution in [0.5, 0.6) is 0 Å². The number of carbonyl (C=O) groups is 1. The molecule has 162 valence electrons. The van der Waals surface area contributed by atoms with Gasteiger partial charge in [0, 0.05) is 44.8 Å². The largest absolute Gasteiger partial charge is 0.337 e. The van der Waals surface area contributed by atoms with Crippen molar-refractivity contribution in [2.75, 3.05) is 32.7 Å². The van der Waals surface area contributed by atoms with E-state index in [9.17, 15) is 17.6 Å². The third-order valence-corrected chi connectivity index (χ3v) is 6.82. The molecular weight excluding hydrogens is 405 g/mol. The minimum Gasteiger partial charge on any atom is -0.337 e. The predicted octanol–water partition coefficient (Wildman–Crippen LogP) is 2.78. The number of hydrogen-bond acceptors (Lipinski definition) is 4. The summed E-state index contributed by atoms with van der Waals surface area (Å²) >= 11 is 0. The molecule has 30 heavy (non-hydrogen) atoms. The number of nitrogens with one attached hydrogen (secondary N) is 1. The quantitative estimate of drug-likeness (QED) is 0.761. The summed E-state index contributed by atoms with van der Waals surface area (Å²) in [6.07, 6.45) is 0.821. The molecule has 0 unspecified atom stereocenters. The van der Waals surface area contributed by atoms with Crippen LogP contribution in [0.3, 0.4) is 0 Å². The second-order valence-electron chi connectivity index (χ2n) is 7.53. The van der Waals surface area contributed by atoms with Gasteiger partial charge < -0.3 is 4.90 Å². The fraction of sp³-hybridized carbons (Fsp3) is 0.409. The first-order valence-corrected chi connectivity index (χ1v) is 11.6. The molecule has 1 heterocycles. The number of hydrogen-bond donors (Lipinski definition) is 1. The summed E-state index contributed by atoms with van der Waals surface area (Å²) in [5, 5.41) is 0. The highest BCUT2D eigenvalue weighted by molar-refractivity contribution is 7.89. The molecule has 1 amide bonds. The Kier molecular flexibility index (Phi) is 7.23. The summed E-state index contributed by atoms with van der Waals surface area (Å²) in [4.78, 5) is 17.3. The Morgan fingerprint density at radius 2 is 1.80 bits per heavy atom. The number of rotatable bonds is 6. The number of sulfonamides is 1. The van der Waals surface area contributed by atoms with Gasteiger partial charge in [-0.1, -0.05) is 25.1 Å². The van der Waals surface area contributed by atoms with E-state index in [4.69, 9.17) is 0 Å². The third kappa shape index (κ3) is 5.44. The summed E-state index contributed by atoms with van der Waals surface area (Å²) in [6.45, 7) is 7.24. The molecule has 1 fully saturated rings. The van der Waals surface area contributed by atoms with E-state index in [0.29, 0.717) is 31.7 Å². The Balaban J connectivity index is 1.71. The van der Waals surface area contributed by atoms with Crippen LogP contribution in [0.25, 0.3) is 0 Å². The van der Waals surface area contributed by atoms with E-state index < -0.39 is 10.0 Å². The van der Waals surface area contributed by atoms with Gasteiger partial charge in [0.25, 0.3) is 5.91 Å². The fourth-order valence-corrected chi connectivity index (χ4v) is 4.69. The van der Waals surface area contributed by atoms with E-state index in [-0.39, 0.29) is 23.2 Å². The average Bonchev–Trinajstić information content (AvgIpc) is 2.95. The zero-order valence-electron chi connectivity index (χ0n) is 17.4. The summed E-state index contributed by atoms with van der Waals surface area (Å²) in [7, 11) is -3.62. The average molecular weight is 434 g/mol. The van der Waals surface area contributed by atoms with Crippen LogP contribution >= 0.6 is 0 Å². The number of benzene rings is 2. The molecular formula is C22H28FN3O3S. The molecule has 0 aliphatic carbocycles. The molecule has 6 nitrogen and oxygen atoms in total. The van der Waals surface area contributed by atoms with E-state index in [1.165, 1.54) is 24.3 Å². The van der Waals surface area contributed by atoms with Gasteiger partial charge in [0.1, 0.15) is 5.82 Å². The van der Waals surface area contributed by atoms with Gasteiger partial charge in [-0.05, 0) is 48.7 Å². The van der Waals surface area contributed by atoms with Gasteiger partial charge in [0.05, 0.1) is 4.90 Å². The van der Waals surface area contributed by atoms with Gasteiger partial charge >= 0.3 is 0 Å². The Morgan fingerprint density at radius 1 is 1.07 bits per heavy atom. The normalized spacial score (nSPS) is 15.8. The maximum atomic E-state index is 13.2. The van der Waals surface area contributed by atoms with Crippen LogP contribution in [0, 0.1) is 12.7 Å². The van der Waals surface area contributed by atoms with Crippen LogP contribution < -0.4 is 4.72 Å². The Labute approximate surface area is 177 Å².